The van der Waals surface area contributed by atoms with E-state index in [-0.39, 0.29) is 12.7 Å². The molecule has 0 bridgehead atoms. The molecule has 1 rings (SSSR count). The summed E-state index contributed by atoms with van der Waals surface area (Å²) < 4.78 is 11.7. The first kappa shape index (κ1) is 29.4. The number of rotatable bonds is 22. The molecule has 0 radical (unpaired) electrons. The highest BCUT2D eigenvalue weighted by Crippen LogP contribution is 2.11. The van der Waals surface area contributed by atoms with E-state index in [0.717, 1.165) is 26.0 Å². The van der Waals surface area contributed by atoms with Crippen LogP contribution in [0.3, 0.4) is 0 Å². The van der Waals surface area contributed by atoms with Gasteiger partial charge in [-0.1, -0.05) is 76.2 Å². The Morgan fingerprint density at radius 2 is 1.44 bits per heavy atom. The lowest BCUT2D eigenvalue weighted by molar-refractivity contribution is -0.0444. The number of aliphatic hydroxyl groups is 1. The summed E-state index contributed by atoms with van der Waals surface area (Å²) in [7, 11) is 0. The molecule has 0 saturated carbocycles. The second-order valence-corrected chi connectivity index (χ2v) is 9.24. The zero-order chi connectivity index (χ0) is 23.0. The predicted molar refractivity (Wildman–Crippen MR) is 137 cm³/mol. The quantitative estimate of drug-likeness (QED) is 0.147. The van der Waals surface area contributed by atoms with Gasteiger partial charge in [0.25, 0.3) is 0 Å². The minimum atomic E-state index is 0.0858. The van der Waals surface area contributed by atoms with Crippen LogP contribution in [0.15, 0.2) is 24.3 Å². The Morgan fingerprint density at radius 1 is 0.781 bits per heavy atom. The molecule has 1 fully saturated rings. The highest BCUT2D eigenvalue weighted by Gasteiger charge is 2.17. The molecule has 1 aliphatic heterocycles. The minimum absolute atomic E-state index is 0.0858. The molecule has 0 amide bonds. The highest BCUT2D eigenvalue weighted by atomic mass is 16.5. The fraction of sp³-hybridized carbons (Fsp3) is 0.857. The Morgan fingerprint density at radius 3 is 2.12 bits per heavy atom. The zero-order valence-corrected chi connectivity index (χ0v) is 21.2. The lowest BCUT2D eigenvalue weighted by atomic mass is 10.1. The maximum atomic E-state index is 9.06. The first-order valence-corrected chi connectivity index (χ1v) is 13.7. The van der Waals surface area contributed by atoms with Crippen molar-refractivity contribution in [3.05, 3.63) is 24.3 Å². The number of nitrogens with zero attached hydrogens (tertiary/aromatic N) is 1. The van der Waals surface area contributed by atoms with Gasteiger partial charge in [-0.3, -0.25) is 0 Å². The number of unbranched alkanes of at least 4 members (excludes halogenated alkanes) is 9. The van der Waals surface area contributed by atoms with E-state index in [2.05, 4.69) is 36.1 Å². The van der Waals surface area contributed by atoms with Gasteiger partial charge in [0.1, 0.15) is 0 Å². The first-order chi connectivity index (χ1) is 15.9. The van der Waals surface area contributed by atoms with E-state index in [4.69, 9.17) is 14.6 Å². The van der Waals surface area contributed by atoms with Gasteiger partial charge in [0.05, 0.1) is 25.9 Å². The van der Waals surface area contributed by atoms with Crippen molar-refractivity contribution >= 4 is 0 Å². The number of ether oxygens (including phenoxy) is 2. The Bertz CT molecular complexity index is 432. The number of aliphatic hydroxyl groups excluding tert-OH is 1. The summed E-state index contributed by atoms with van der Waals surface area (Å²) in [6, 6.07) is 0. The highest BCUT2D eigenvalue weighted by molar-refractivity contribution is 4.92. The van der Waals surface area contributed by atoms with Crippen molar-refractivity contribution < 1.29 is 14.6 Å². The molecule has 0 spiro atoms. The van der Waals surface area contributed by atoms with E-state index in [1.165, 1.54) is 96.6 Å². The summed E-state index contributed by atoms with van der Waals surface area (Å²) in [6.07, 6.45) is 28.6. The summed E-state index contributed by atoms with van der Waals surface area (Å²) >= 11 is 0. The van der Waals surface area contributed by atoms with Gasteiger partial charge in [0, 0.05) is 13.2 Å². The third-order valence-electron chi connectivity index (χ3n) is 6.15. The van der Waals surface area contributed by atoms with Gasteiger partial charge < -0.3 is 19.5 Å². The predicted octanol–water partition coefficient (Wildman–Crippen LogP) is 6.68. The maximum absolute atomic E-state index is 9.06. The van der Waals surface area contributed by atoms with Crippen molar-refractivity contribution in [3.8, 4) is 0 Å². The van der Waals surface area contributed by atoms with Crippen LogP contribution in [0.25, 0.3) is 0 Å². The average molecular weight is 452 g/mol. The number of allylic oxidation sites excluding steroid dienone is 4. The zero-order valence-electron chi connectivity index (χ0n) is 21.2. The molecule has 1 atom stereocenters. The third-order valence-corrected chi connectivity index (χ3v) is 6.15. The van der Waals surface area contributed by atoms with Crippen molar-refractivity contribution in [2.24, 2.45) is 0 Å². The average Bonchev–Trinajstić information content (AvgIpc) is 2.82. The fourth-order valence-corrected chi connectivity index (χ4v) is 4.21. The van der Waals surface area contributed by atoms with Crippen molar-refractivity contribution in [1.82, 2.24) is 4.90 Å². The largest absolute Gasteiger partial charge is 0.394 e. The van der Waals surface area contributed by atoms with Crippen LogP contribution in [0.4, 0.5) is 0 Å². The van der Waals surface area contributed by atoms with Gasteiger partial charge in [-0.25, -0.2) is 0 Å². The molecule has 188 valence electrons. The van der Waals surface area contributed by atoms with Gasteiger partial charge >= 0.3 is 0 Å². The van der Waals surface area contributed by atoms with Crippen LogP contribution in [-0.2, 0) is 9.47 Å². The topological polar surface area (TPSA) is 41.9 Å². The van der Waals surface area contributed by atoms with Crippen LogP contribution in [0, 0.1) is 0 Å². The summed E-state index contributed by atoms with van der Waals surface area (Å²) in [5.41, 5.74) is 0. The molecule has 1 N–H and O–H groups in total. The van der Waals surface area contributed by atoms with Crippen LogP contribution in [0.2, 0.25) is 0 Å². The van der Waals surface area contributed by atoms with Crippen molar-refractivity contribution in [3.63, 3.8) is 0 Å². The fourth-order valence-electron chi connectivity index (χ4n) is 4.21. The van der Waals surface area contributed by atoms with Crippen LogP contribution in [0.5, 0.6) is 0 Å². The van der Waals surface area contributed by atoms with Crippen molar-refractivity contribution in [2.45, 2.75) is 109 Å². The first-order valence-electron chi connectivity index (χ1n) is 13.7. The number of hydrogen-bond acceptors (Lipinski definition) is 4. The van der Waals surface area contributed by atoms with E-state index in [1.807, 2.05) is 0 Å². The summed E-state index contributed by atoms with van der Waals surface area (Å²) in [5, 5.41) is 9.06. The van der Waals surface area contributed by atoms with Crippen molar-refractivity contribution in [2.75, 3.05) is 46.1 Å². The van der Waals surface area contributed by atoms with Gasteiger partial charge in [-0.2, -0.15) is 0 Å². The van der Waals surface area contributed by atoms with E-state index in [9.17, 15) is 0 Å². The second kappa shape index (κ2) is 23.5. The molecule has 0 aliphatic carbocycles. The Kier molecular flexibility index (Phi) is 21.5. The molecular formula is C28H53NO3. The Balaban J connectivity index is 1.89. The molecule has 1 unspecified atom stereocenters. The van der Waals surface area contributed by atoms with Gasteiger partial charge in [-0.05, 0) is 64.5 Å². The molecule has 0 aromatic carbocycles. The lowest BCUT2D eigenvalue weighted by Gasteiger charge is -2.30. The number of likely N-dealkylation sites (tertiary alicyclic amines) is 1. The molecule has 0 aromatic rings. The Hall–Kier alpha value is -0.680. The van der Waals surface area contributed by atoms with Crippen molar-refractivity contribution in [1.29, 1.82) is 0 Å². The monoisotopic (exact) mass is 451 g/mol. The molecule has 32 heavy (non-hydrogen) atoms. The van der Waals surface area contributed by atoms with Crippen LogP contribution >= 0.6 is 0 Å². The lowest BCUT2D eigenvalue weighted by Crippen LogP contribution is -2.40. The second-order valence-electron chi connectivity index (χ2n) is 9.24. The van der Waals surface area contributed by atoms with E-state index in [0.29, 0.717) is 13.2 Å². The van der Waals surface area contributed by atoms with Gasteiger partial charge in [-0.15, -0.1) is 0 Å². The molecule has 1 aliphatic rings. The normalized spacial score (nSPS) is 16.4. The van der Waals surface area contributed by atoms with Crippen LogP contribution in [0.1, 0.15) is 103 Å². The van der Waals surface area contributed by atoms with Crippen LogP contribution < -0.4 is 0 Å². The molecular weight excluding hydrogens is 398 g/mol. The molecule has 4 heteroatoms. The van der Waals surface area contributed by atoms with E-state index in [1.54, 1.807) is 0 Å². The Labute approximate surface area is 199 Å². The summed E-state index contributed by atoms with van der Waals surface area (Å²) in [4.78, 5) is 2.48. The van der Waals surface area contributed by atoms with E-state index < -0.39 is 0 Å². The number of hydrogen-bond donors (Lipinski definition) is 1. The summed E-state index contributed by atoms with van der Waals surface area (Å²) in [6.45, 7) is 7.51. The standard InChI is InChI=1S/C28H53NO3/c1-2-3-4-5-6-7-8-9-10-11-12-13-14-15-16-20-24-31-27-28(32-25-23-30)26-29-21-18-17-19-22-29/h6-7,9-10,28,30H,2-5,8,11-27H2,1H3. The molecule has 1 heterocycles. The maximum Gasteiger partial charge on any atom is 0.0936 e. The van der Waals surface area contributed by atoms with Crippen LogP contribution in [-0.4, -0.2) is 62.2 Å². The molecule has 0 aromatic heterocycles. The van der Waals surface area contributed by atoms with Gasteiger partial charge in [0.15, 0.2) is 0 Å². The molecule has 4 nitrogen and oxygen atoms in total. The van der Waals surface area contributed by atoms with Gasteiger partial charge in [0.2, 0.25) is 0 Å². The van der Waals surface area contributed by atoms with E-state index >= 15 is 0 Å². The number of piperidine rings is 1. The third kappa shape index (κ3) is 18.8. The smallest absolute Gasteiger partial charge is 0.0936 e. The SMILES string of the molecule is CCCCCC=CCC=CCCCCCCCCOCC(CN1CCCCC1)OCCO. The summed E-state index contributed by atoms with van der Waals surface area (Å²) in [5.74, 6) is 0. The molecule has 1 saturated heterocycles. The minimum Gasteiger partial charge on any atom is -0.394 e.